The average molecular weight is 539 g/mol. The smallest absolute Gasteiger partial charge is 0.211 e. The van der Waals surface area contributed by atoms with Crippen LogP contribution in [-0.4, -0.2) is 76.3 Å². The van der Waals surface area contributed by atoms with Gasteiger partial charge in [0.1, 0.15) is 17.3 Å². The number of ether oxygens (including phenoxy) is 1. The summed E-state index contributed by atoms with van der Waals surface area (Å²) in [6.07, 6.45) is 2.05. The van der Waals surface area contributed by atoms with Crippen LogP contribution in [-0.2, 0) is 31.9 Å². The molecule has 2 atom stereocenters. The fourth-order valence-electron chi connectivity index (χ4n) is 3.88. The lowest BCUT2D eigenvalue weighted by molar-refractivity contribution is -0.124. The van der Waals surface area contributed by atoms with Gasteiger partial charge in [-0.25, -0.2) is 13.1 Å². The number of sulfonamides is 1. The summed E-state index contributed by atoms with van der Waals surface area (Å²) in [7, 11) is -1.71. The van der Waals surface area contributed by atoms with Crippen LogP contribution in [0.15, 0.2) is 24.3 Å². The Morgan fingerprint density at radius 1 is 1.11 bits per heavy atom. The van der Waals surface area contributed by atoms with Gasteiger partial charge in [-0.1, -0.05) is 17.3 Å². The van der Waals surface area contributed by atoms with Crippen LogP contribution in [0.25, 0.3) is 0 Å². The summed E-state index contributed by atoms with van der Waals surface area (Å²) in [5.41, 5.74) is 2.17. The Morgan fingerprint density at radius 2 is 1.72 bits per heavy atom. The van der Waals surface area contributed by atoms with Gasteiger partial charge in [-0.2, -0.15) is 16.1 Å². The van der Waals surface area contributed by atoms with Gasteiger partial charge in [0, 0.05) is 30.5 Å². The van der Waals surface area contributed by atoms with E-state index in [0.29, 0.717) is 24.5 Å². The molecule has 2 aromatic rings. The van der Waals surface area contributed by atoms with Crippen LogP contribution in [0.5, 0.6) is 5.75 Å². The fraction of sp³-hybridized carbons (Fsp3) is 0.542. The molecule has 1 fully saturated rings. The van der Waals surface area contributed by atoms with Crippen molar-refractivity contribution in [3.8, 4) is 5.75 Å². The zero-order valence-corrected chi connectivity index (χ0v) is 23.2. The number of thioether (sulfide) groups is 1. The van der Waals surface area contributed by atoms with Crippen LogP contribution < -0.4 is 4.74 Å². The number of hydrogen-bond donors (Lipinski definition) is 0. The minimum absolute atomic E-state index is 0.0625. The molecule has 1 aromatic carbocycles. The minimum atomic E-state index is -3.34. The Bertz CT molecular complexity index is 1170. The van der Waals surface area contributed by atoms with Crippen molar-refractivity contribution in [2.75, 3.05) is 19.9 Å². The molecule has 10 nitrogen and oxygen atoms in total. The molecule has 12 heteroatoms. The summed E-state index contributed by atoms with van der Waals surface area (Å²) < 4.78 is 33.0. The number of carbonyl (C=O) groups excluding carboxylic acids is 3. The summed E-state index contributed by atoms with van der Waals surface area (Å²) >= 11 is 1.75. The van der Waals surface area contributed by atoms with Crippen molar-refractivity contribution < 1.29 is 27.5 Å². The van der Waals surface area contributed by atoms with E-state index in [0.717, 1.165) is 17.9 Å². The molecule has 0 unspecified atom stereocenters. The molecule has 1 saturated heterocycles. The molecule has 198 valence electrons. The second kappa shape index (κ2) is 13.1. The Balaban J connectivity index is 0.000000572. The molecule has 0 N–H and O–H groups in total. The Hall–Kier alpha value is -2.57. The van der Waals surface area contributed by atoms with Crippen LogP contribution in [0.2, 0.25) is 0 Å². The fourth-order valence-corrected chi connectivity index (χ4v) is 6.37. The van der Waals surface area contributed by atoms with Gasteiger partial charge in [0.05, 0.1) is 32.0 Å². The number of rotatable bonds is 10. The van der Waals surface area contributed by atoms with Crippen molar-refractivity contribution >= 4 is 39.1 Å². The number of aromatic nitrogens is 3. The number of nitrogens with zero attached hydrogens (tertiary/aromatic N) is 4. The van der Waals surface area contributed by atoms with E-state index in [1.165, 1.54) is 32.6 Å². The molecule has 2 heterocycles. The van der Waals surface area contributed by atoms with Crippen LogP contribution in [0.1, 0.15) is 55.4 Å². The first-order valence-electron chi connectivity index (χ1n) is 11.4. The second-order valence-electron chi connectivity index (χ2n) is 8.85. The number of methoxy groups -OCH3 is 1. The van der Waals surface area contributed by atoms with Crippen LogP contribution in [0.4, 0.5) is 0 Å². The first kappa shape index (κ1) is 29.7. The lowest BCUT2D eigenvalue weighted by Crippen LogP contribution is -2.37. The van der Waals surface area contributed by atoms with E-state index in [-0.39, 0.29) is 35.1 Å². The number of carbonyl (C=O) groups is 3. The van der Waals surface area contributed by atoms with E-state index in [4.69, 9.17) is 4.74 Å². The topological polar surface area (TPSA) is 129 Å². The molecule has 36 heavy (non-hydrogen) atoms. The number of Topliss-reactive ketones (excluding diaryl/α,β-unsaturated/α-hetero) is 3. The van der Waals surface area contributed by atoms with Gasteiger partial charge in [-0.15, -0.1) is 5.10 Å². The summed E-state index contributed by atoms with van der Waals surface area (Å²) in [5.74, 6) is 1.35. The van der Waals surface area contributed by atoms with E-state index in [9.17, 15) is 22.8 Å². The SMILES string of the molecule is CC(=O)CC(C)=O.COc1ccc(CS[C@@H]2C[C@@H](Cn3nnc(C(C)=O)c3C)N(S(C)(=O)=O)C2)cc1. The average Bonchev–Trinajstić information content (AvgIpc) is 3.36. The zero-order chi connectivity index (χ0) is 27.0. The summed E-state index contributed by atoms with van der Waals surface area (Å²) in [6, 6.07) is 7.69. The molecule has 0 bridgehead atoms. The molecule has 0 spiro atoms. The number of benzene rings is 1. The van der Waals surface area contributed by atoms with Gasteiger partial charge >= 0.3 is 0 Å². The molecule has 0 saturated carbocycles. The van der Waals surface area contributed by atoms with E-state index in [2.05, 4.69) is 10.3 Å². The van der Waals surface area contributed by atoms with Gasteiger partial charge in [0.15, 0.2) is 11.5 Å². The normalized spacial score (nSPS) is 17.8. The number of hydrogen-bond acceptors (Lipinski definition) is 9. The van der Waals surface area contributed by atoms with Crippen molar-refractivity contribution in [2.45, 2.75) is 64.1 Å². The van der Waals surface area contributed by atoms with Crippen LogP contribution in [0, 0.1) is 6.92 Å². The molecule has 1 aromatic heterocycles. The molecular formula is C24H34N4O6S2. The van der Waals surface area contributed by atoms with Crippen molar-refractivity contribution in [2.24, 2.45) is 0 Å². The summed E-state index contributed by atoms with van der Waals surface area (Å²) in [6.45, 7) is 6.90. The molecule has 0 aliphatic carbocycles. The van der Waals surface area contributed by atoms with Gasteiger partial charge in [-0.3, -0.25) is 14.4 Å². The van der Waals surface area contributed by atoms with Gasteiger partial charge in [0.25, 0.3) is 0 Å². The highest BCUT2D eigenvalue weighted by Crippen LogP contribution is 2.32. The summed E-state index contributed by atoms with van der Waals surface area (Å²) in [5, 5.41) is 8.18. The second-order valence-corrected chi connectivity index (χ2v) is 12.1. The first-order chi connectivity index (χ1) is 16.8. The first-order valence-corrected chi connectivity index (χ1v) is 14.3. The third-order valence-electron chi connectivity index (χ3n) is 5.59. The Morgan fingerprint density at radius 3 is 2.17 bits per heavy atom. The predicted octanol–water partition coefficient (Wildman–Crippen LogP) is 2.69. The largest absolute Gasteiger partial charge is 0.497 e. The maximum absolute atomic E-state index is 12.3. The Kier molecular flexibility index (Phi) is 10.8. The van der Waals surface area contributed by atoms with Gasteiger partial charge in [0.2, 0.25) is 10.0 Å². The molecule has 0 radical (unpaired) electrons. The number of ketones is 3. The zero-order valence-electron chi connectivity index (χ0n) is 21.6. The van der Waals surface area contributed by atoms with Crippen LogP contribution in [0.3, 0.4) is 0 Å². The van der Waals surface area contributed by atoms with Crippen molar-refractivity contribution in [1.29, 1.82) is 0 Å². The lowest BCUT2D eigenvalue weighted by Gasteiger charge is -2.22. The minimum Gasteiger partial charge on any atom is -0.497 e. The highest BCUT2D eigenvalue weighted by atomic mass is 32.2. The van der Waals surface area contributed by atoms with Crippen molar-refractivity contribution in [1.82, 2.24) is 19.3 Å². The summed E-state index contributed by atoms with van der Waals surface area (Å²) in [4.78, 5) is 31.7. The van der Waals surface area contributed by atoms with E-state index >= 15 is 0 Å². The molecule has 1 aliphatic heterocycles. The van der Waals surface area contributed by atoms with Gasteiger partial charge < -0.3 is 4.74 Å². The van der Waals surface area contributed by atoms with E-state index < -0.39 is 10.0 Å². The molecule has 0 amide bonds. The third-order valence-corrected chi connectivity index (χ3v) is 8.21. The van der Waals surface area contributed by atoms with E-state index in [1.807, 2.05) is 24.3 Å². The maximum atomic E-state index is 12.3. The van der Waals surface area contributed by atoms with Gasteiger partial charge in [-0.05, 0) is 44.9 Å². The Labute approximate surface area is 216 Å². The highest BCUT2D eigenvalue weighted by molar-refractivity contribution is 7.99. The van der Waals surface area contributed by atoms with E-state index in [1.54, 1.807) is 34.8 Å². The predicted molar refractivity (Wildman–Crippen MR) is 139 cm³/mol. The monoisotopic (exact) mass is 538 g/mol. The molecular weight excluding hydrogens is 504 g/mol. The molecule has 1 aliphatic rings. The molecule has 3 rings (SSSR count). The van der Waals surface area contributed by atoms with Crippen molar-refractivity contribution in [3.05, 3.63) is 41.2 Å². The van der Waals surface area contributed by atoms with Crippen LogP contribution >= 0.6 is 11.8 Å². The standard InChI is InChI=1S/C19H26N4O4S2.C5H8O2/c1-13-19(14(2)24)20-21-22(13)10-16-9-18(11-23(16)29(4,25)26)28-12-15-5-7-17(27-3)8-6-15;1-4(6)3-5(2)7/h5-8,16,18H,9-12H2,1-4H3;3H2,1-2H3/t16-,18+;/m0./s1. The lowest BCUT2D eigenvalue weighted by atomic mass is 10.2. The third kappa shape index (κ3) is 8.82. The maximum Gasteiger partial charge on any atom is 0.211 e. The van der Waals surface area contributed by atoms with Crippen molar-refractivity contribution in [3.63, 3.8) is 0 Å². The quantitative estimate of drug-likeness (QED) is 0.331. The highest BCUT2D eigenvalue weighted by Gasteiger charge is 2.38.